The molecular weight excluding hydrogens is 240 g/mol. The smallest absolute Gasteiger partial charge is 0.0992 e. The van der Waals surface area contributed by atoms with Crippen molar-refractivity contribution in [3.05, 3.63) is 40.9 Å². The minimum absolute atomic E-state index is 0.653. The summed E-state index contributed by atoms with van der Waals surface area (Å²) in [4.78, 5) is 0. The summed E-state index contributed by atoms with van der Waals surface area (Å²) < 4.78 is 0.914. The van der Waals surface area contributed by atoms with Crippen LogP contribution < -0.4 is 5.32 Å². The zero-order valence-corrected chi connectivity index (χ0v) is 9.34. The molecule has 0 aliphatic heterocycles. The lowest BCUT2D eigenvalue weighted by atomic mass is 10.2. The summed E-state index contributed by atoms with van der Waals surface area (Å²) in [6.45, 7) is 4.48. The highest BCUT2D eigenvalue weighted by Crippen LogP contribution is 2.18. The Hall–Kier alpha value is -1.27. The second-order valence-electron chi connectivity index (χ2n) is 2.84. The van der Waals surface area contributed by atoms with E-state index in [4.69, 9.17) is 5.26 Å². The van der Waals surface area contributed by atoms with Crippen LogP contribution >= 0.6 is 15.9 Å². The first-order valence-electron chi connectivity index (χ1n) is 4.31. The fourth-order valence-corrected chi connectivity index (χ4v) is 1.57. The average Bonchev–Trinajstić information content (AvgIpc) is 2.17. The van der Waals surface area contributed by atoms with Crippen LogP contribution in [-0.4, -0.2) is 6.54 Å². The van der Waals surface area contributed by atoms with Gasteiger partial charge in [0.05, 0.1) is 11.6 Å². The van der Waals surface area contributed by atoms with E-state index in [0.29, 0.717) is 5.56 Å². The third-order valence-corrected chi connectivity index (χ3v) is 2.16. The van der Waals surface area contributed by atoms with Gasteiger partial charge in [0.2, 0.25) is 0 Å². The molecule has 1 N–H and O–H groups in total. The van der Waals surface area contributed by atoms with Crippen molar-refractivity contribution in [3.63, 3.8) is 0 Å². The zero-order valence-electron chi connectivity index (χ0n) is 7.76. The molecule has 0 saturated heterocycles. The highest BCUT2D eigenvalue weighted by Gasteiger charge is 1.97. The monoisotopic (exact) mass is 250 g/mol. The summed E-state index contributed by atoms with van der Waals surface area (Å²) in [5.74, 6) is 0. The van der Waals surface area contributed by atoms with Gasteiger partial charge in [-0.3, -0.25) is 0 Å². The van der Waals surface area contributed by atoms with Gasteiger partial charge in [-0.05, 0) is 24.6 Å². The van der Waals surface area contributed by atoms with Crippen LogP contribution in [0.5, 0.6) is 0 Å². The quantitative estimate of drug-likeness (QED) is 0.658. The lowest BCUT2D eigenvalue weighted by Crippen LogP contribution is -2.00. The normalized spacial score (nSPS) is 9.14. The summed E-state index contributed by atoms with van der Waals surface area (Å²) in [5, 5.41) is 12.0. The lowest BCUT2D eigenvalue weighted by Gasteiger charge is -2.05. The molecule has 0 aliphatic rings. The second-order valence-corrected chi connectivity index (χ2v) is 3.76. The number of nitrogens with zero attached hydrogens (tertiary/aromatic N) is 1. The Balaban J connectivity index is 2.72. The molecule has 0 radical (unpaired) electrons. The Morgan fingerprint density at radius 3 is 2.93 bits per heavy atom. The average molecular weight is 251 g/mol. The van der Waals surface area contributed by atoms with Crippen molar-refractivity contribution in [3.8, 4) is 6.07 Å². The number of nitrogens with one attached hydrogen (secondary N) is 1. The van der Waals surface area contributed by atoms with Gasteiger partial charge < -0.3 is 5.32 Å². The third kappa shape index (κ3) is 3.23. The van der Waals surface area contributed by atoms with Gasteiger partial charge in [0.25, 0.3) is 0 Å². The molecule has 0 bridgehead atoms. The maximum Gasteiger partial charge on any atom is 0.0992 e. The van der Waals surface area contributed by atoms with Crippen LogP contribution in [0.1, 0.15) is 12.0 Å². The van der Waals surface area contributed by atoms with E-state index in [-0.39, 0.29) is 0 Å². The first-order valence-corrected chi connectivity index (χ1v) is 5.11. The molecule has 0 saturated carbocycles. The van der Waals surface area contributed by atoms with Crippen LogP contribution in [0.15, 0.2) is 35.3 Å². The molecule has 0 spiro atoms. The predicted molar refractivity (Wildman–Crippen MR) is 62.2 cm³/mol. The van der Waals surface area contributed by atoms with Gasteiger partial charge in [0.15, 0.2) is 0 Å². The van der Waals surface area contributed by atoms with E-state index in [1.165, 1.54) is 0 Å². The molecule has 1 rings (SSSR count). The second kappa shape index (κ2) is 5.46. The van der Waals surface area contributed by atoms with E-state index >= 15 is 0 Å². The Kier molecular flexibility index (Phi) is 4.21. The number of halogens is 1. The van der Waals surface area contributed by atoms with E-state index in [1.54, 1.807) is 6.07 Å². The van der Waals surface area contributed by atoms with E-state index in [2.05, 4.69) is 33.9 Å². The van der Waals surface area contributed by atoms with Crippen molar-refractivity contribution in [2.75, 3.05) is 11.9 Å². The van der Waals surface area contributed by atoms with Gasteiger partial charge in [-0.15, -0.1) is 6.58 Å². The molecule has 0 atom stereocenters. The third-order valence-electron chi connectivity index (χ3n) is 1.70. The predicted octanol–water partition coefficient (Wildman–Crippen LogP) is 3.31. The molecule has 14 heavy (non-hydrogen) atoms. The molecular formula is C11H11BrN2. The maximum atomic E-state index is 8.74. The van der Waals surface area contributed by atoms with Crippen molar-refractivity contribution in [2.45, 2.75) is 6.42 Å². The summed E-state index contributed by atoms with van der Waals surface area (Å²) in [5.41, 5.74) is 1.61. The summed E-state index contributed by atoms with van der Waals surface area (Å²) in [6.07, 6.45) is 2.77. The molecule has 0 aromatic heterocycles. The van der Waals surface area contributed by atoms with E-state index in [1.807, 2.05) is 18.2 Å². The zero-order chi connectivity index (χ0) is 10.4. The highest BCUT2D eigenvalue weighted by molar-refractivity contribution is 9.10. The van der Waals surface area contributed by atoms with Crippen molar-refractivity contribution < 1.29 is 0 Å². The molecule has 72 valence electrons. The number of anilines is 1. The Labute approximate surface area is 92.4 Å². The van der Waals surface area contributed by atoms with E-state index in [9.17, 15) is 0 Å². The number of hydrogen-bond donors (Lipinski definition) is 1. The standard InChI is InChI=1S/C11H11BrN2/c1-2-3-4-14-11-6-9(8-13)5-10(12)7-11/h2,5-7,14H,1,3-4H2. The first-order chi connectivity index (χ1) is 6.76. The van der Waals surface area contributed by atoms with Gasteiger partial charge in [-0.25, -0.2) is 0 Å². The van der Waals surface area contributed by atoms with Crippen LogP contribution in [0.4, 0.5) is 5.69 Å². The molecule has 2 nitrogen and oxygen atoms in total. The van der Waals surface area contributed by atoms with Gasteiger partial charge in [0, 0.05) is 16.7 Å². The fraction of sp³-hybridized carbons (Fsp3) is 0.182. The van der Waals surface area contributed by atoms with Crippen LogP contribution in [0, 0.1) is 11.3 Å². The molecule has 0 unspecified atom stereocenters. The molecule has 1 aromatic carbocycles. The number of nitriles is 1. The minimum Gasteiger partial charge on any atom is -0.385 e. The van der Waals surface area contributed by atoms with Crippen LogP contribution in [0.2, 0.25) is 0 Å². The number of hydrogen-bond acceptors (Lipinski definition) is 2. The Bertz CT molecular complexity index is 366. The van der Waals surface area contributed by atoms with Crippen molar-refractivity contribution >= 4 is 21.6 Å². The summed E-state index contributed by atoms with van der Waals surface area (Å²) in [7, 11) is 0. The maximum absolute atomic E-state index is 8.74. The minimum atomic E-state index is 0.653. The fourth-order valence-electron chi connectivity index (χ4n) is 1.07. The Morgan fingerprint density at radius 2 is 2.29 bits per heavy atom. The van der Waals surface area contributed by atoms with Gasteiger partial charge in [0.1, 0.15) is 0 Å². The van der Waals surface area contributed by atoms with Gasteiger partial charge in [-0.1, -0.05) is 22.0 Å². The largest absolute Gasteiger partial charge is 0.385 e. The summed E-state index contributed by atoms with van der Waals surface area (Å²) >= 11 is 3.35. The van der Waals surface area contributed by atoms with E-state index < -0.39 is 0 Å². The van der Waals surface area contributed by atoms with Gasteiger partial charge in [-0.2, -0.15) is 5.26 Å². The molecule has 3 heteroatoms. The molecule has 0 amide bonds. The highest BCUT2D eigenvalue weighted by atomic mass is 79.9. The Morgan fingerprint density at radius 1 is 1.50 bits per heavy atom. The number of benzene rings is 1. The van der Waals surface area contributed by atoms with Crippen molar-refractivity contribution in [1.29, 1.82) is 5.26 Å². The van der Waals surface area contributed by atoms with Crippen LogP contribution in [-0.2, 0) is 0 Å². The van der Waals surface area contributed by atoms with Crippen molar-refractivity contribution in [2.24, 2.45) is 0 Å². The van der Waals surface area contributed by atoms with Crippen LogP contribution in [0.3, 0.4) is 0 Å². The summed E-state index contributed by atoms with van der Waals surface area (Å²) in [6, 6.07) is 7.67. The number of rotatable bonds is 4. The van der Waals surface area contributed by atoms with Crippen LogP contribution in [0.25, 0.3) is 0 Å². The molecule has 0 fully saturated rings. The SMILES string of the molecule is C=CCCNc1cc(Br)cc(C#N)c1. The van der Waals surface area contributed by atoms with Gasteiger partial charge >= 0.3 is 0 Å². The first kappa shape index (κ1) is 10.8. The lowest BCUT2D eigenvalue weighted by molar-refractivity contribution is 1.07. The molecule has 0 aliphatic carbocycles. The molecule has 0 heterocycles. The molecule has 1 aromatic rings. The topological polar surface area (TPSA) is 35.8 Å². The van der Waals surface area contributed by atoms with E-state index in [0.717, 1.165) is 23.1 Å². The van der Waals surface area contributed by atoms with Crippen molar-refractivity contribution in [1.82, 2.24) is 0 Å².